The molecule has 6 nitrogen and oxygen atoms in total. The van der Waals surface area contributed by atoms with Gasteiger partial charge < -0.3 is 14.7 Å². The fraction of sp³-hybridized carbons (Fsp3) is 0.345. The van der Waals surface area contributed by atoms with Crippen molar-refractivity contribution in [3.63, 3.8) is 0 Å². The number of amidine groups is 1. The SMILES string of the molecule is C=CN=C(C)N(C)CCN(C)C(C)=C1CN(C(=O)c2ccc(-c3ccccc3)cc2)CCC1=NC. The molecule has 6 heteroatoms. The first kappa shape index (κ1) is 25.9. The highest BCUT2D eigenvalue weighted by Gasteiger charge is 2.26. The molecule has 0 bridgehead atoms. The summed E-state index contributed by atoms with van der Waals surface area (Å²) in [5, 5.41) is 0. The number of nitrogens with zero attached hydrogens (tertiary/aromatic N) is 5. The number of allylic oxidation sites excluding steroid dienone is 1. The summed E-state index contributed by atoms with van der Waals surface area (Å²) in [6, 6.07) is 18.1. The van der Waals surface area contributed by atoms with Gasteiger partial charge in [0.1, 0.15) is 5.84 Å². The molecule has 0 saturated carbocycles. The zero-order valence-electron chi connectivity index (χ0n) is 21.7. The Labute approximate surface area is 210 Å². The topological polar surface area (TPSA) is 51.5 Å². The molecule has 0 radical (unpaired) electrons. The van der Waals surface area contributed by atoms with Crippen molar-refractivity contribution in [3.05, 3.63) is 84.2 Å². The molecule has 0 spiro atoms. The molecule has 3 rings (SSSR count). The van der Waals surface area contributed by atoms with E-state index < -0.39 is 0 Å². The van der Waals surface area contributed by atoms with Gasteiger partial charge in [-0.15, -0.1) is 0 Å². The molecule has 0 aromatic heterocycles. The van der Waals surface area contributed by atoms with Crippen molar-refractivity contribution < 1.29 is 4.79 Å². The highest BCUT2D eigenvalue weighted by Crippen LogP contribution is 2.23. The Morgan fingerprint density at radius 2 is 1.63 bits per heavy atom. The zero-order chi connectivity index (χ0) is 25.4. The van der Waals surface area contributed by atoms with Crippen LogP contribution in [0.25, 0.3) is 11.1 Å². The number of hydrogen-bond acceptors (Lipinski definition) is 4. The summed E-state index contributed by atoms with van der Waals surface area (Å²) in [4.78, 5) is 28.4. The standard InChI is InChI=1S/C29H37N5O/c1-7-31-23(3)33(6)20-19-32(5)22(2)27-21-34(18-17-28(27)30-4)29(35)26-15-13-25(14-16-26)24-11-9-8-10-12-24/h7-16H,1,17-21H2,2-6H3. The maximum absolute atomic E-state index is 13.4. The van der Waals surface area contributed by atoms with Crippen LogP contribution in [0.5, 0.6) is 0 Å². The Morgan fingerprint density at radius 1 is 1.00 bits per heavy atom. The number of carbonyl (C=O) groups is 1. The maximum Gasteiger partial charge on any atom is 0.254 e. The average Bonchev–Trinajstić information content (AvgIpc) is 2.91. The number of hydrogen-bond donors (Lipinski definition) is 0. The van der Waals surface area contributed by atoms with Crippen LogP contribution in [0.3, 0.4) is 0 Å². The van der Waals surface area contributed by atoms with Crippen molar-refractivity contribution >= 4 is 17.5 Å². The monoisotopic (exact) mass is 471 g/mol. The second-order valence-corrected chi connectivity index (χ2v) is 8.86. The first-order valence-electron chi connectivity index (χ1n) is 12.0. The van der Waals surface area contributed by atoms with Crippen molar-refractivity contribution in [3.8, 4) is 11.1 Å². The van der Waals surface area contributed by atoms with E-state index in [-0.39, 0.29) is 5.91 Å². The lowest BCUT2D eigenvalue weighted by Crippen LogP contribution is -2.42. The van der Waals surface area contributed by atoms with Crippen LogP contribution in [0.2, 0.25) is 0 Å². The van der Waals surface area contributed by atoms with Gasteiger partial charge in [-0.1, -0.05) is 49.0 Å². The highest BCUT2D eigenvalue weighted by molar-refractivity contribution is 6.04. The first-order valence-corrected chi connectivity index (χ1v) is 12.0. The Morgan fingerprint density at radius 3 is 2.26 bits per heavy atom. The van der Waals surface area contributed by atoms with Gasteiger partial charge in [-0.2, -0.15) is 0 Å². The van der Waals surface area contributed by atoms with E-state index in [0.29, 0.717) is 18.7 Å². The second-order valence-electron chi connectivity index (χ2n) is 8.86. The van der Waals surface area contributed by atoms with Gasteiger partial charge in [0.15, 0.2) is 0 Å². The van der Waals surface area contributed by atoms with Crippen LogP contribution in [0.4, 0.5) is 0 Å². The number of aliphatic imine (C=N–C) groups is 2. The number of rotatable bonds is 7. The van der Waals surface area contributed by atoms with E-state index in [9.17, 15) is 4.79 Å². The van der Waals surface area contributed by atoms with Gasteiger partial charge in [0, 0.05) is 82.5 Å². The summed E-state index contributed by atoms with van der Waals surface area (Å²) in [5.74, 6) is 0.992. The van der Waals surface area contributed by atoms with Crippen LogP contribution in [-0.2, 0) is 0 Å². The van der Waals surface area contributed by atoms with Gasteiger partial charge in [-0.3, -0.25) is 9.79 Å². The Kier molecular flexibility index (Phi) is 9.01. The van der Waals surface area contributed by atoms with E-state index >= 15 is 0 Å². The summed E-state index contributed by atoms with van der Waals surface area (Å²) in [5.41, 5.74) is 6.33. The minimum absolute atomic E-state index is 0.0590. The third kappa shape index (κ3) is 6.47. The molecule has 2 aromatic carbocycles. The number of piperidine rings is 1. The minimum atomic E-state index is 0.0590. The molecule has 1 fully saturated rings. The van der Waals surface area contributed by atoms with E-state index in [4.69, 9.17) is 0 Å². The summed E-state index contributed by atoms with van der Waals surface area (Å²) in [7, 11) is 5.96. The smallest absolute Gasteiger partial charge is 0.254 e. The van der Waals surface area contributed by atoms with Gasteiger partial charge in [0.2, 0.25) is 0 Å². The predicted molar refractivity (Wildman–Crippen MR) is 147 cm³/mol. The third-order valence-electron chi connectivity index (χ3n) is 6.72. The van der Waals surface area contributed by atoms with Crippen molar-refractivity contribution in [1.29, 1.82) is 0 Å². The summed E-state index contributed by atoms with van der Waals surface area (Å²) >= 11 is 0. The molecule has 1 saturated heterocycles. The summed E-state index contributed by atoms with van der Waals surface area (Å²) in [6.45, 7) is 10.7. The zero-order valence-corrected chi connectivity index (χ0v) is 21.7. The fourth-order valence-corrected chi connectivity index (χ4v) is 4.21. The van der Waals surface area contributed by atoms with E-state index in [2.05, 4.69) is 52.5 Å². The van der Waals surface area contributed by atoms with Crippen molar-refractivity contribution in [2.75, 3.05) is 47.3 Å². The van der Waals surface area contributed by atoms with Gasteiger partial charge in [-0.25, -0.2) is 4.99 Å². The lowest BCUT2D eigenvalue weighted by molar-refractivity contribution is 0.0769. The van der Waals surface area contributed by atoms with Crippen LogP contribution in [0, 0.1) is 0 Å². The molecule has 0 N–H and O–H groups in total. The molecule has 0 unspecified atom stereocenters. The molecule has 1 aliphatic heterocycles. The van der Waals surface area contributed by atoms with E-state index in [1.807, 2.05) is 68.4 Å². The van der Waals surface area contributed by atoms with Crippen molar-refractivity contribution in [2.45, 2.75) is 20.3 Å². The summed E-state index contributed by atoms with van der Waals surface area (Å²) < 4.78 is 0. The number of amides is 1. The molecule has 35 heavy (non-hydrogen) atoms. The lowest BCUT2D eigenvalue weighted by Gasteiger charge is -2.34. The highest BCUT2D eigenvalue weighted by atomic mass is 16.2. The molecular formula is C29H37N5O. The first-order chi connectivity index (χ1) is 16.8. The molecule has 184 valence electrons. The normalized spacial score (nSPS) is 16.8. The average molecular weight is 472 g/mol. The number of carbonyl (C=O) groups excluding carboxylic acids is 1. The molecular weight excluding hydrogens is 434 g/mol. The molecule has 1 amide bonds. The quantitative estimate of drug-likeness (QED) is 0.423. The minimum Gasteiger partial charge on any atom is -0.376 e. The van der Waals surface area contributed by atoms with Gasteiger partial charge in [-0.05, 0) is 37.1 Å². The molecule has 1 heterocycles. The van der Waals surface area contributed by atoms with Crippen LogP contribution >= 0.6 is 0 Å². The second kappa shape index (κ2) is 12.2. The fourth-order valence-electron chi connectivity index (χ4n) is 4.21. The van der Waals surface area contributed by atoms with Crippen molar-refractivity contribution in [2.24, 2.45) is 9.98 Å². The predicted octanol–water partition coefficient (Wildman–Crippen LogP) is 4.97. The number of likely N-dealkylation sites (N-methyl/N-ethyl adjacent to an activating group) is 2. The number of benzene rings is 2. The molecule has 0 atom stereocenters. The van der Waals surface area contributed by atoms with Gasteiger partial charge in [0.25, 0.3) is 5.91 Å². The van der Waals surface area contributed by atoms with Gasteiger partial charge >= 0.3 is 0 Å². The van der Waals surface area contributed by atoms with E-state index in [1.54, 1.807) is 6.20 Å². The largest absolute Gasteiger partial charge is 0.376 e. The maximum atomic E-state index is 13.4. The number of likely N-dealkylation sites (tertiary alicyclic amines) is 1. The lowest BCUT2D eigenvalue weighted by atomic mass is 9.98. The summed E-state index contributed by atoms with van der Waals surface area (Å²) in [6.07, 6.45) is 2.32. The Bertz CT molecular complexity index is 1120. The van der Waals surface area contributed by atoms with Gasteiger partial charge in [0.05, 0.1) is 0 Å². The van der Waals surface area contributed by atoms with Crippen LogP contribution in [-0.4, -0.2) is 79.5 Å². The third-order valence-corrected chi connectivity index (χ3v) is 6.72. The van der Waals surface area contributed by atoms with Crippen molar-refractivity contribution in [1.82, 2.24) is 14.7 Å². The van der Waals surface area contributed by atoms with Crippen LogP contribution in [0.15, 0.2) is 88.6 Å². The molecule has 2 aromatic rings. The van der Waals surface area contributed by atoms with E-state index in [0.717, 1.165) is 53.5 Å². The van der Waals surface area contributed by atoms with Crippen LogP contribution < -0.4 is 0 Å². The molecule has 1 aliphatic rings. The Balaban J connectivity index is 1.73. The molecule has 0 aliphatic carbocycles. The van der Waals surface area contributed by atoms with Crippen LogP contribution in [0.1, 0.15) is 30.6 Å². The van der Waals surface area contributed by atoms with E-state index in [1.165, 1.54) is 0 Å². The Hall–Kier alpha value is -3.67.